The van der Waals surface area contributed by atoms with E-state index in [1.165, 1.54) is 0 Å². The molecule has 3 aromatic heterocycles. The molecule has 0 radical (unpaired) electrons. The van der Waals surface area contributed by atoms with Crippen molar-refractivity contribution < 1.29 is 4.39 Å². The van der Waals surface area contributed by atoms with Crippen molar-refractivity contribution in [2.75, 3.05) is 0 Å². The first-order chi connectivity index (χ1) is 12.5. The van der Waals surface area contributed by atoms with Gasteiger partial charge in [-0.25, -0.2) is 19.3 Å². The van der Waals surface area contributed by atoms with Crippen LogP contribution >= 0.6 is 0 Å². The Bertz CT molecular complexity index is 1090. The lowest BCUT2D eigenvalue weighted by molar-refractivity contribution is 0.162. The van der Waals surface area contributed by atoms with E-state index in [0.29, 0.717) is 53.9 Å². The Morgan fingerprint density at radius 2 is 2.12 bits per heavy atom. The van der Waals surface area contributed by atoms with Crippen molar-refractivity contribution in [1.82, 2.24) is 19.5 Å². The Hall–Kier alpha value is -3.07. The smallest absolute Gasteiger partial charge is 0.280 e. The molecule has 0 amide bonds. The Kier molecular flexibility index (Phi) is 4.00. The molecule has 0 N–H and O–H groups in total. The van der Waals surface area contributed by atoms with Gasteiger partial charge in [0.25, 0.3) is 5.56 Å². The number of nitrogens with zero attached hydrogens (tertiary/aromatic N) is 4. The summed E-state index contributed by atoms with van der Waals surface area (Å²) < 4.78 is 15.9. The molecule has 6 heteroatoms. The highest BCUT2D eigenvalue weighted by Crippen LogP contribution is 2.26. The van der Waals surface area contributed by atoms with Gasteiger partial charge in [0, 0.05) is 30.9 Å². The Balaban J connectivity index is 1.76. The van der Waals surface area contributed by atoms with Crippen molar-refractivity contribution in [1.29, 1.82) is 0 Å². The summed E-state index contributed by atoms with van der Waals surface area (Å²) in [4.78, 5) is 25.7. The molecule has 130 valence electrons. The summed E-state index contributed by atoms with van der Waals surface area (Å²) >= 11 is 0. The minimum Gasteiger partial charge on any atom is -0.295 e. The van der Waals surface area contributed by atoms with Gasteiger partial charge in [0.2, 0.25) is 0 Å². The molecule has 1 aliphatic rings. The molecule has 4 heterocycles. The van der Waals surface area contributed by atoms with Crippen LogP contribution in [-0.2, 0) is 13.0 Å². The van der Waals surface area contributed by atoms with Gasteiger partial charge in [0.1, 0.15) is 17.2 Å². The van der Waals surface area contributed by atoms with Crippen LogP contribution in [0.3, 0.4) is 0 Å². The number of halogens is 1. The van der Waals surface area contributed by atoms with Gasteiger partial charge in [-0.3, -0.25) is 9.36 Å². The maximum absolute atomic E-state index is 14.3. The van der Waals surface area contributed by atoms with Gasteiger partial charge in [-0.15, -0.1) is 0 Å². The van der Waals surface area contributed by atoms with Crippen LogP contribution in [0.15, 0.2) is 41.5 Å². The van der Waals surface area contributed by atoms with Crippen LogP contribution in [0.1, 0.15) is 36.8 Å². The average molecular weight is 348 g/mol. The van der Waals surface area contributed by atoms with E-state index in [2.05, 4.69) is 26.8 Å². The summed E-state index contributed by atoms with van der Waals surface area (Å²) in [5, 5.41) is 0. The van der Waals surface area contributed by atoms with E-state index in [1.54, 1.807) is 30.0 Å². The van der Waals surface area contributed by atoms with E-state index in [1.807, 2.05) is 18.2 Å². The monoisotopic (exact) mass is 348 g/mol. The Labute approximate surface area is 149 Å². The second-order valence-electron chi connectivity index (χ2n) is 6.70. The molecular formula is C20H17FN4O. The van der Waals surface area contributed by atoms with Crippen LogP contribution < -0.4 is 5.56 Å². The predicted molar refractivity (Wildman–Crippen MR) is 96.5 cm³/mol. The molecule has 1 aliphatic heterocycles. The quantitative estimate of drug-likeness (QED) is 0.586. The molecule has 26 heavy (non-hydrogen) atoms. The van der Waals surface area contributed by atoms with Gasteiger partial charge in [-0.05, 0) is 43.9 Å². The maximum Gasteiger partial charge on any atom is 0.280 e. The van der Waals surface area contributed by atoms with Crippen molar-refractivity contribution in [3.8, 4) is 11.8 Å². The van der Waals surface area contributed by atoms with Gasteiger partial charge < -0.3 is 0 Å². The van der Waals surface area contributed by atoms with E-state index in [4.69, 9.17) is 0 Å². The molecule has 4 rings (SSSR count). The molecule has 0 spiro atoms. The molecule has 0 aliphatic carbocycles. The zero-order valence-electron chi connectivity index (χ0n) is 14.4. The van der Waals surface area contributed by atoms with Crippen LogP contribution in [-0.4, -0.2) is 25.2 Å². The lowest BCUT2D eigenvalue weighted by Gasteiger charge is -2.15. The standard InChI is InChI=1S/C20H17FN4O/c1-20(21)8-7-17-24-16-12-14(5-6-15-4-2-3-10-22-15)13-23-18(16)19(26)25(17)11-9-20/h2-4,10,12-13H,7-9,11H2,1H3. The van der Waals surface area contributed by atoms with Crippen molar-refractivity contribution in [2.45, 2.75) is 38.4 Å². The SMILES string of the molecule is CC1(F)CCc2nc3cc(C#Cc4ccccn4)cnc3c(=O)n2CC1. The first-order valence-corrected chi connectivity index (χ1v) is 8.53. The number of hydrogen-bond acceptors (Lipinski definition) is 4. The number of fused-ring (bicyclic) bond motifs is 2. The topological polar surface area (TPSA) is 60.7 Å². The summed E-state index contributed by atoms with van der Waals surface area (Å²) in [7, 11) is 0. The summed E-state index contributed by atoms with van der Waals surface area (Å²) in [6.45, 7) is 1.90. The third-order valence-electron chi connectivity index (χ3n) is 4.60. The van der Waals surface area contributed by atoms with Crippen molar-refractivity contribution >= 4 is 11.0 Å². The number of aromatic nitrogens is 4. The summed E-state index contributed by atoms with van der Waals surface area (Å²) in [6.07, 6.45) is 4.34. The van der Waals surface area contributed by atoms with Crippen molar-refractivity contribution in [3.05, 3.63) is 64.1 Å². The van der Waals surface area contributed by atoms with Gasteiger partial charge in [0.15, 0.2) is 5.52 Å². The fourth-order valence-electron chi connectivity index (χ4n) is 3.05. The highest BCUT2D eigenvalue weighted by Gasteiger charge is 2.28. The largest absolute Gasteiger partial charge is 0.295 e. The molecule has 1 atom stereocenters. The molecule has 0 fully saturated rings. The molecular weight excluding hydrogens is 331 g/mol. The van der Waals surface area contributed by atoms with E-state index in [9.17, 15) is 9.18 Å². The fourth-order valence-corrected chi connectivity index (χ4v) is 3.05. The first-order valence-electron chi connectivity index (χ1n) is 8.53. The van der Waals surface area contributed by atoms with Crippen LogP contribution in [0, 0.1) is 11.8 Å². The Morgan fingerprint density at radius 3 is 2.92 bits per heavy atom. The van der Waals surface area contributed by atoms with Crippen LogP contribution in [0.25, 0.3) is 11.0 Å². The number of hydrogen-bond donors (Lipinski definition) is 0. The number of rotatable bonds is 0. The minimum atomic E-state index is -1.28. The second kappa shape index (κ2) is 6.34. The van der Waals surface area contributed by atoms with Crippen LogP contribution in [0.2, 0.25) is 0 Å². The highest BCUT2D eigenvalue weighted by atomic mass is 19.1. The van der Waals surface area contributed by atoms with E-state index in [-0.39, 0.29) is 5.56 Å². The van der Waals surface area contributed by atoms with Crippen LogP contribution in [0.4, 0.5) is 4.39 Å². The number of aryl methyl sites for hydroxylation is 1. The summed E-state index contributed by atoms with van der Waals surface area (Å²) in [6, 6.07) is 7.26. The van der Waals surface area contributed by atoms with Gasteiger partial charge >= 0.3 is 0 Å². The molecule has 0 aromatic carbocycles. The second-order valence-corrected chi connectivity index (χ2v) is 6.70. The summed E-state index contributed by atoms with van der Waals surface area (Å²) in [5.74, 6) is 6.57. The summed E-state index contributed by atoms with van der Waals surface area (Å²) in [5.41, 5.74) is 0.607. The lowest BCUT2D eigenvalue weighted by Crippen LogP contribution is -2.26. The highest BCUT2D eigenvalue weighted by molar-refractivity contribution is 5.74. The molecule has 0 bridgehead atoms. The van der Waals surface area contributed by atoms with E-state index >= 15 is 0 Å². The first kappa shape index (κ1) is 16.4. The normalized spacial score (nSPS) is 19.3. The van der Waals surface area contributed by atoms with Crippen molar-refractivity contribution in [3.63, 3.8) is 0 Å². The van der Waals surface area contributed by atoms with Crippen molar-refractivity contribution in [2.24, 2.45) is 0 Å². The third-order valence-corrected chi connectivity index (χ3v) is 4.60. The minimum absolute atomic E-state index is 0.216. The van der Waals surface area contributed by atoms with Gasteiger partial charge in [-0.1, -0.05) is 12.0 Å². The molecule has 3 aromatic rings. The fraction of sp³-hybridized carbons (Fsp3) is 0.300. The average Bonchev–Trinajstić information content (AvgIpc) is 2.79. The molecule has 0 saturated heterocycles. The molecule has 5 nitrogen and oxygen atoms in total. The molecule has 0 saturated carbocycles. The van der Waals surface area contributed by atoms with Gasteiger partial charge in [-0.2, -0.15) is 0 Å². The number of pyridine rings is 2. The van der Waals surface area contributed by atoms with Crippen LogP contribution in [0.5, 0.6) is 0 Å². The predicted octanol–water partition coefficient (Wildman–Crippen LogP) is 2.65. The maximum atomic E-state index is 14.3. The zero-order chi connectivity index (χ0) is 18.1. The van der Waals surface area contributed by atoms with E-state index < -0.39 is 5.67 Å². The van der Waals surface area contributed by atoms with Gasteiger partial charge in [0.05, 0.1) is 5.52 Å². The Morgan fingerprint density at radius 1 is 1.23 bits per heavy atom. The lowest BCUT2D eigenvalue weighted by atomic mass is 10.00. The molecule has 1 unspecified atom stereocenters. The zero-order valence-corrected chi connectivity index (χ0v) is 14.4. The third kappa shape index (κ3) is 3.21. The number of alkyl halides is 1. The van der Waals surface area contributed by atoms with E-state index in [0.717, 1.165) is 0 Å².